The molecule has 2 N–H and O–H groups in total. The number of hydrogen-bond donors (Lipinski definition) is 2. The van der Waals surface area contributed by atoms with Crippen molar-refractivity contribution in [2.75, 3.05) is 13.1 Å². The van der Waals surface area contributed by atoms with E-state index in [4.69, 9.17) is 4.99 Å². The van der Waals surface area contributed by atoms with Crippen molar-refractivity contribution < 1.29 is 0 Å². The molecule has 4 nitrogen and oxygen atoms in total. The highest BCUT2D eigenvalue weighted by Gasteiger charge is 2.21. The molecule has 122 valence electrons. The maximum atomic E-state index is 4.71. The number of rotatable bonds is 7. The van der Waals surface area contributed by atoms with Gasteiger partial charge < -0.3 is 10.6 Å². The third-order valence-corrected chi connectivity index (χ3v) is 4.68. The topological polar surface area (TPSA) is 49.3 Å². The van der Waals surface area contributed by atoms with Gasteiger partial charge in [0.15, 0.2) is 5.96 Å². The van der Waals surface area contributed by atoms with E-state index in [2.05, 4.69) is 45.3 Å². The number of aryl methyl sites for hydroxylation is 1. The summed E-state index contributed by atoms with van der Waals surface area (Å²) < 4.78 is 0. The normalized spacial score (nSPS) is 14.7. The molecule has 0 atom stereocenters. The van der Waals surface area contributed by atoms with Crippen LogP contribution >= 0.6 is 11.3 Å². The first-order valence-electron chi connectivity index (χ1n) is 8.27. The van der Waals surface area contributed by atoms with Gasteiger partial charge in [0, 0.05) is 24.9 Å². The van der Waals surface area contributed by atoms with E-state index in [0.717, 1.165) is 42.1 Å². The van der Waals surface area contributed by atoms with Crippen LogP contribution in [0.4, 0.5) is 0 Å². The molecule has 1 aliphatic rings. The molecule has 1 aromatic carbocycles. The standard InChI is InChI=1S/C18H24N4S/c1-14-22-17(13-23-14)9-10-19-18(21-12-16-7-8-16)20-11-15-5-3-2-4-6-15/h2-6,13,16H,7-12H2,1H3,(H2,19,20,21). The van der Waals surface area contributed by atoms with Gasteiger partial charge in [-0.2, -0.15) is 0 Å². The smallest absolute Gasteiger partial charge is 0.191 e. The molecule has 1 saturated carbocycles. The van der Waals surface area contributed by atoms with Crippen LogP contribution in [-0.4, -0.2) is 24.0 Å². The minimum absolute atomic E-state index is 0.705. The molecule has 1 aromatic heterocycles. The largest absolute Gasteiger partial charge is 0.356 e. The first-order valence-corrected chi connectivity index (χ1v) is 9.14. The van der Waals surface area contributed by atoms with Crippen molar-refractivity contribution >= 4 is 17.3 Å². The molecule has 0 bridgehead atoms. The Bertz CT molecular complexity index is 631. The van der Waals surface area contributed by atoms with Crippen LogP contribution < -0.4 is 10.6 Å². The summed E-state index contributed by atoms with van der Waals surface area (Å²) in [5, 5.41) is 10.2. The van der Waals surface area contributed by atoms with Crippen molar-refractivity contribution in [3.8, 4) is 0 Å². The Kier molecular flexibility index (Phi) is 5.64. The van der Waals surface area contributed by atoms with Crippen molar-refractivity contribution in [2.45, 2.75) is 32.7 Å². The average Bonchev–Trinajstić information content (AvgIpc) is 3.31. The number of nitrogens with one attached hydrogen (secondary N) is 2. The molecule has 1 aliphatic carbocycles. The summed E-state index contributed by atoms with van der Waals surface area (Å²) >= 11 is 1.71. The lowest BCUT2D eigenvalue weighted by Crippen LogP contribution is -2.39. The molecule has 2 aromatic rings. The highest BCUT2D eigenvalue weighted by atomic mass is 32.1. The van der Waals surface area contributed by atoms with Crippen molar-refractivity contribution in [1.82, 2.24) is 15.6 Å². The number of guanidine groups is 1. The van der Waals surface area contributed by atoms with Gasteiger partial charge in [-0.1, -0.05) is 30.3 Å². The minimum atomic E-state index is 0.705. The zero-order valence-electron chi connectivity index (χ0n) is 13.6. The number of nitrogens with zero attached hydrogens (tertiary/aromatic N) is 2. The van der Waals surface area contributed by atoms with Gasteiger partial charge in [-0.25, -0.2) is 9.98 Å². The fourth-order valence-electron chi connectivity index (χ4n) is 2.32. The molecule has 0 saturated heterocycles. The number of hydrogen-bond acceptors (Lipinski definition) is 3. The molecule has 0 radical (unpaired) electrons. The van der Waals surface area contributed by atoms with Gasteiger partial charge in [0.25, 0.3) is 0 Å². The molecule has 23 heavy (non-hydrogen) atoms. The van der Waals surface area contributed by atoms with Crippen LogP contribution in [0.25, 0.3) is 0 Å². The maximum Gasteiger partial charge on any atom is 0.191 e. The van der Waals surface area contributed by atoms with Gasteiger partial charge in [-0.3, -0.25) is 0 Å². The molecule has 0 spiro atoms. The SMILES string of the molecule is Cc1nc(CCNC(=NCc2ccccc2)NCC2CC2)cs1. The predicted octanol–water partition coefficient (Wildman–Crippen LogP) is 3.14. The van der Waals surface area contributed by atoms with Gasteiger partial charge in [0.05, 0.1) is 17.2 Å². The fourth-order valence-corrected chi connectivity index (χ4v) is 2.97. The zero-order valence-corrected chi connectivity index (χ0v) is 14.4. The van der Waals surface area contributed by atoms with Crippen molar-refractivity contribution in [3.63, 3.8) is 0 Å². The summed E-state index contributed by atoms with van der Waals surface area (Å²) in [6.07, 6.45) is 3.62. The van der Waals surface area contributed by atoms with Gasteiger partial charge >= 0.3 is 0 Å². The maximum absolute atomic E-state index is 4.71. The van der Waals surface area contributed by atoms with E-state index in [1.54, 1.807) is 11.3 Å². The number of benzene rings is 1. The van der Waals surface area contributed by atoms with Crippen LogP contribution in [0.3, 0.4) is 0 Å². The van der Waals surface area contributed by atoms with Crippen molar-refractivity contribution in [1.29, 1.82) is 0 Å². The summed E-state index contributed by atoms with van der Waals surface area (Å²) in [5.41, 5.74) is 2.39. The Morgan fingerprint density at radius 3 is 2.78 bits per heavy atom. The number of aliphatic imine (C=N–C) groups is 1. The molecule has 3 rings (SSSR count). The Hall–Kier alpha value is -1.88. The highest BCUT2D eigenvalue weighted by molar-refractivity contribution is 7.09. The van der Waals surface area contributed by atoms with E-state index in [1.165, 1.54) is 18.4 Å². The van der Waals surface area contributed by atoms with Gasteiger partial charge in [-0.15, -0.1) is 11.3 Å². The monoisotopic (exact) mass is 328 g/mol. The molecule has 1 fully saturated rings. The Morgan fingerprint density at radius 1 is 1.26 bits per heavy atom. The summed E-state index contributed by atoms with van der Waals surface area (Å²) in [6.45, 7) is 4.63. The van der Waals surface area contributed by atoms with Crippen LogP contribution in [0, 0.1) is 12.8 Å². The molecular weight excluding hydrogens is 304 g/mol. The summed E-state index contributed by atoms with van der Waals surface area (Å²) in [4.78, 5) is 9.21. The average molecular weight is 328 g/mol. The van der Waals surface area contributed by atoms with E-state index < -0.39 is 0 Å². The predicted molar refractivity (Wildman–Crippen MR) is 96.9 cm³/mol. The Balaban J connectivity index is 1.51. The molecule has 1 heterocycles. The molecule has 0 aliphatic heterocycles. The second-order valence-corrected chi connectivity index (χ2v) is 7.07. The quantitative estimate of drug-likeness (QED) is 0.606. The second kappa shape index (κ2) is 8.11. The Morgan fingerprint density at radius 2 is 2.09 bits per heavy atom. The van der Waals surface area contributed by atoms with E-state index in [0.29, 0.717) is 6.54 Å². The summed E-state index contributed by atoms with van der Waals surface area (Å²) in [5.74, 6) is 1.74. The van der Waals surface area contributed by atoms with E-state index in [-0.39, 0.29) is 0 Å². The van der Waals surface area contributed by atoms with Crippen LogP contribution in [0.15, 0.2) is 40.7 Å². The van der Waals surface area contributed by atoms with E-state index >= 15 is 0 Å². The third kappa shape index (κ3) is 5.67. The second-order valence-electron chi connectivity index (χ2n) is 6.01. The van der Waals surface area contributed by atoms with Crippen LogP contribution in [-0.2, 0) is 13.0 Å². The first-order chi connectivity index (χ1) is 11.3. The van der Waals surface area contributed by atoms with Crippen LogP contribution in [0.5, 0.6) is 0 Å². The lowest BCUT2D eigenvalue weighted by Gasteiger charge is -2.12. The van der Waals surface area contributed by atoms with E-state index in [9.17, 15) is 0 Å². The number of aromatic nitrogens is 1. The van der Waals surface area contributed by atoms with Crippen LogP contribution in [0.1, 0.15) is 29.1 Å². The minimum Gasteiger partial charge on any atom is -0.356 e. The number of thiazole rings is 1. The lowest BCUT2D eigenvalue weighted by molar-refractivity contribution is 0.727. The Labute approximate surface area is 142 Å². The van der Waals surface area contributed by atoms with Gasteiger partial charge in [0.2, 0.25) is 0 Å². The molecular formula is C18H24N4S. The summed E-state index contributed by atoms with van der Waals surface area (Å²) in [7, 11) is 0. The highest BCUT2D eigenvalue weighted by Crippen LogP contribution is 2.27. The van der Waals surface area contributed by atoms with Crippen LogP contribution in [0.2, 0.25) is 0 Å². The summed E-state index contributed by atoms with van der Waals surface area (Å²) in [6, 6.07) is 10.4. The molecule has 0 amide bonds. The first kappa shape index (κ1) is 16.0. The zero-order chi connectivity index (χ0) is 15.9. The fraction of sp³-hybridized carbons (Fsp3) is 0.444. The van der Waals surface area contributed by atoms with Gasteiger partial charge in [0.1, 0.15) is 0 Å². The van der Waals surface area contributed by atoms with Crippen molar-refractivity contribution in [3.05, 3.63) is 52.0 Å². The van der Waals surface area contributed by atoms with Crippen molar-refractivity contribution in [2.24, 2.45) is 10.9 Å². The van der Waals surface area contributed by atoms with E-state index in [1.807, 2.05) is 13.0 Å². The molecule has 0 unspecified atom stereocenters. The third-order valence-electron chi connectivity index (χ3n) is 3.86. The van der Waals surface area contributed by atoms with Gasteiger partial charge in [-0.05, 0) is 31.2 Å². The lowest BCUT2D eigenvalue weighted by atomic mass is 10.2. The molecule has 5 heteroatoms.